The fourth-order valence-electron chi connectivity index (χ4n) is 2.52. The number of nitrogens with one attached hydrogen (secondary N) is 2. The molecule has 0 bridgehead atoms. The fourth-order valence-corrected chi connectivity index (χ4v) is 3.89. The van der Waals surface area contributed by atoms with Crippen LogP contribution in [0.25, 0.3) is 0 Å². The molecule has 2 aliphatic rings. The molecule has 2 heterocycles. The molecule has 7 heteroatoms. The summed E-state index contributed by atoms with van der Waals surface area (Å²) in [4.78, 5) is 0. The van der Waals surface area contributed by atoms with Crippen LogP contribution in [0.4, 0.5) is 0 Å². The van der Waals surface area contributed by atoms with Gasteiger partial charge in [0.1, 0.15) is 0 Å². The van der Waals surface area contributed by atoms with Gasteiger partial charge in [0.05, 0.1) is 0 Å². The molecule has 0 aliphatic carbocycles. The van der Waals surface area contributed by atoms with E-state index >= 15 is 0 Å². The van der Waals surface area contributed by atoms with Crippen molar-refractivity contribution in [1.29, 1.82) is 0 Å². The lowest BCUT2D eigenvalue weighted by Gasteiger charge is -2.28. The lowest BCUT2D eigenvalue weighted by atomic mass is 10.0. The van der Waals surface area contributed by atoms with Gasteiger partial charge in [0, 0.05) is 19.6 Å². The molecule has 2 saturated heterocycles. The van der Waals surface area contributed by atoms with E-state index in [1.54, 1.807) is 4.31 Å². The fraction of sp³-hybridized carbons (Fsp3) is 1.00. The Bertz CT molecular complexity index is 325. The first kappa shape index (κ1) is 16.2. The molecule has 0 radical (unpaired) electrons. The summed E-state index contributed by atoms with van der Waals surface area (Å²) in [6.45, 7) is 3.93. The van der Waals surface area contributed by atoms with E-state index < -0.39 is 10.2 Å². The molecule has 2 aliphatic heterocycles. The third kappa shape index (κ3) is 4.66. The molecule has 5 nitrogen and oxygen atoms in total. The van der Waals surface area contributed by atoms with E-state index in [1.807, 2.05) is 0 Å². The molecular weight excluding hydrogens is 274 g/mol. The summed E-state index contributed by atoms with van der Waals surface area (Å²) in [7, 11) is -3.23. The SMILES string of the molecule is Cl.O=S(=O)(NCC1CCCNC1)N1CCCCC1. The standard InChI is InChI=1S/C11H23N3O2S.ClH/c15-17(16,14-7-2-1-3-8-14)13-10-11-5-4-6-12-9-11;/h11-13H,1-10H2;1H. The Morgan fingerprint density at radius 1 is 1.17 bits per heavy atom. The van der Waals surface area contributed by atoms with Crippen LogP contribution in [0.1, 0.15) is 32.1 Å². The second-order valence-electron chi connectivity index (χ2n) is 5.03. The van der Waals surface area contributed by atoms with Gasteiger partial charge in [0.15, 0.2) is 0 Å². The van der Waals surface area contributed by atoms with Crippen LogP contribution in [0.2, 0.25) is 0 Å². The highest BCUT2D eigenvalue weighted by Crippen LogP contribution is 2.13. The van der Waals surface area contributed by atoms with E-state index in [4.69, 9.17) is 0 Å². The summed E-state index contributed by atoms with van der Waals surface area (Å²) >= 11 is 0. The number of piperidine rings is 2. The lowest BCUT2D eigenvalue weighted by molar-refractivity contribution is 0.332. The van der Waals surface area contributed by atoms with Crippen LogP contribution in [0.15, 0.2) is 0 Å². The van der Waals surface area contributed by atoms with Gasteiger partial charge in [-0.3, -0.25) is 0 Å². The third-order valence-corrected chi connectivity index (χ3v) is 5.18. The van der Waals surface area contributed by atoms with Crippen molar-refractivity contribution in [3.63, 3.8) is 0 Å². The van der Waals surface area contributed by atoms with Crippen LogP contribution in [-0.2, 0) is 10.2 Å². The Morgan fingerprint density at radius 3 is 2.50 bits per heavy atom. The Morgan fingerprint density at radius 2 is 1.89 bits per heavy atom. The van der Waals surface area contributed by atoms with Crippen molar-refractivity contribution in [3.8, 4) is 0 Å². The van der Waals surface area contributed by atoms with Crippen molar-refractivity contribution >= 4 is 22.6 Å². The maximum atomic E-state index is 12.0. The second-order valence-corrected chi connectivity index (χ2v) is 6.78. The first-order valence-corrected chi connectivity index (χ1v) is 8.08. The molecule has 1 atom stereocenters. The van der Waals surface area contributed by atoms with E-state index in [9.17, 15) is 8.42 Å². The maximum absolute atomic E-state index is 12.0. The van der Waals surface area contributed by atoms with Crippen molar-refractivity contribution in [2.24, 2.45) is 5.92 Å². The van der Waals surface area contributed by atoms with Crippen LogP contribution in [0.5, 0.6) is 0 Å². The number of nitrogens with zero attached hydrogens (tertiary/aromatic N) is 1. The van der Waals surface area contributed by atoms with Gasteiger partial charge in [-0.15, -0.1) is 12.4 Å². The average Bonchev–Trinajstić information content (AvgIpc) is 2.39. The molecule has 2 fully saturated rings. The monoisotopic (exact) mass is 297 g/mol. The van der Waals surface area contributed by atoms with E-state index in [0.29, 0.717) is 25.6 Å². The van der Waals surface area contributed by atoms with Crippen LogP contribution < -0.4 is 10.0 Å². The van der Waals surface area contributed by atoms with Gasteiger partial charge in [-0.2, -0.15) is 12.7 Å². The summed E-state index contributed by atoms with van der Waals surface area (Å²) in [6, 6.07) is 0. The second kappa shape index (κ2) is 7.65. The summed E-state index contributed by atoms with van der Waals surface area (Å²) in [5.74, 6) is 0.448. The highest BCUT2D eigenvalue weighted by atomic mass is 35.5. The van der Waals surface area contributed by atoms with E-state index in [2.05, 4.69) is 10.0 Å². The minimum absolute atomic E-state index is 0. The van der Waals surface area contributed by atoms with Gasteiger partial charge in [-0.25, -0.2) is 4.72 Å². The predicted molar refractivity (Wildman–Crippen MR) is 75.2 cm³/mol. The molecule has 0 spiro atoms. The van der Waals surface area contributed by atoms with Crippen molar-refractivity contribution in [2.75, 3.05) is 32.7 Å². The third-order valence-electron chi connectivity index (χ3n) is 3.61. The predicted octanol–water partition coefficient (Wildman–Crippen LogP) is 0.728. The largest absolute Gasteiger partial charge is 0.316 e. The normalized spacial score (nSPS) is 26.6. The molecule has 0 saturated carbocycles. The first-order valence-electron chi connectivity index (χ1n) is 6.64. The number of halogens is 1. The van der Waals surface area contributed by atoms with E-state index in [-0.39, 0.29) is 12.4 Å². The summed E-state index contributed by atoms with van der Waals surface area (Å²) < 4.78 is 28.4. The smallest absolute Gasteiger partial charge is 0.279 e. The highest BCUT2D eigenvalue weighted by molar-refractivity contribution is 7.87. The van der Waals surface area contributed by atoms with E-state index in [1.165, 1.54) is 0 Å². The Labute approximate surface area is 116 Å². The minimum Gasteiger partial charge on any atom is -0.316 e. The van der Waals surface area contributed by atoms with Gasteiger partial charge < -0.3 is 5.32 Å². The summed E-state index contributed by atoms with van der Waals surface area (Å²) in [5, 5.41) is 3.30. The van der Waals surface area contributed by atoms with Gasteiger partial charge in [-0.1, -0.05) is 6.42 Å². The van der Waals surface area contributed by atoms with Gasteiger partial charge in [0.2, 0.25) is 0 Å². The molecule has 0 aromatic carbocycles. The van der Waals surface area contributed by atoms with Gasteiger partial charge >= 0.3 is 0 Å². The zero-order valence-corrected chi connectivity index (χ0v) is 12.4. The van der Waals surface area contributed by atoms with Crippen LogP contribution in [0.3, 0.4) is 0 Å². The minimum atomic E-state index is -3.23. The quantitative estimate of drug-likeness (QED) is 0.804. The molecule has 0 aromatic rings. The van der Waals surface area contributed by atoms with Crippen molar-refractivity contribution in [3.05, 3.63) is 0 Å². The highest BCUT2D eigenvalue weighted by Gasteiger charge is 2.24. The Balaban J connectivity index is 0.00000162. The van der Waals surface area contributed by atoms with Gasteiger partial charge in [0.25, 0.3) is 10.2 Å². The van der Waals surface area contributed by atoms with Crippen molar-refractivity contribution < 1.29 is 8.42 Å². The molecule has 1 unspecified atom stereocenters. The zero-order valence-electron chi connectivity index (χ0n) is 10.7. The Hall–Kier alpha value is 0.120. The molecular formula is C11H24ClN3O2S. The van der Waals surface area contributed by atoms with Crippen molar-refractivity contribution in [1.82, 2.24) is 14.3 Å². The number of rotatable bonds is 4. The summed E-state index contributed by atoms with van der Waals surface area (Å²) in [6.07, 6.45) is 5.40. The zero-order chi connectivity index (χ0) is 12.1. The molecule has 0 aromatic heterocycles. The van der Waals surface area contributed by atoms with Crippen LogP contribution in [0, 0.1) is 5.92 Å². The lowest BCUT2D eigenvalue weighted by Crippen LogP contribution is -2.46. The maximum Gasteiger partial charge on any atom is 0.279 e. The van der Waals surface area contributed by atoms with Crippen molar-refractivity contribution in [2.45, 2.75) is 32.1 Å². The van der Waals surface area contributed by atoms with Crippen LogP contribution in [-0.4, -0.2) is 45.4 Å². The molecule has 0 amide bonds. The van der Waals surface area contributed by atoms with Crippen LogP contribution >= 0.6 is 12.4 Å². The average molecular weight is 298 g/mol. The number of hydrogen-bond donors (Lipinski definition) is 2. The molecule has 2 rings (SSSR count). The van der Waals surface area contributed by atoms with E-state index in [0.717, 1.165) is 45.2 Å². The number of hydrogen-bond acceptors (Lipinski definition) is 3. The Kier molecular flexibility index (Phi) is 6.87. The topological polar surface area (TPSA) is 61.4 Å². The van der Waals surface area contributed by atoms with Gasteiger partial charge in [-0.05, 0) is 44.7 Å². The molecule has 2 N–H and O–H groups in total. The summed E-state index contributed by atoms with van der Waals surface area (Å²) in [5.41, 5.74) is 0. The molecule has 108 valence electrons. The molecule has 18 heavy (non-hydrogen) atoms. The first-order chi connectivity index (χ1) is 8.18.